The summed E-state index contributed by atoms with van der Waals surface area (Å²) in [5.74, 6) is 1.09. The zero-order valence-electron chi connectivity index (χ0n) is 10.3. The Labute approximate surface area is 111 Å². The quantitative estimate of drug-likeness (QED) is 0.919. The van der Waals surface area contributed by atoms with Gasteiger partial charge in [-0.3, -0.25) is 0 Å². The third kappa shape index (κ3) is 2.81. The van der Waals surface area contributed by atoms with Crippen LogP contribution in [-0.4, -0.2) is 10.1 Å². The van der Waals surface area contributed by atoms with Crippen LogP contribution in [0.1, 0.15) is 16.7 Å². The second kappa shape index (κ2) is 5.38. The Hall–Kier alpha value is -1.58. The van der Waals surface area contributed by atoms with E-state index in [-0.39, 0.29) is 6.61 Å². The molecule has 94 valence electrons. The van der Waals surface area contributed by atoms with E-state index in [0.717, 1.165) is 16.7 Å². The first kappa shape index (κ1) is 12.9. The van der Waals surface area contributed by atoms with Crippen LogP contribution in [0, 0.1) is 13.8 Å². The lowest BCUT2D eigenvalue weighted by atomic mass is 10.2. The van der Waals surface area contributed by atoms with Crippen molar-refractivity contribution in [3.8, 4) is 11.6 Å². The van der Waals surface area contributed by atoms with Gasteiger partial charge in [-0.25, -0.2) is 4.98 Å². The molecule has 0 atom stereocenters. The highest BCUT2D eigenvalue weighted by Crippen LogP contribution is 2.30. The number of aryl methyl sites for hydroxylation is 2. The minimum atomic E-state index is -0.0285. The molecule has 0 aliphatic carbocycles. The Morgan fingerprint density at radius 2 is 2.06 bits per heavy atom. The second-order valence-corrected chi connectivity index (χ2v) is 4.57. The molecule has 1 aromatic heterocycles. The van der Waals surface area contributed by atoms with Crippen LogP contribution in [0.15, 0.2) is 30.5 Å². The summed E-state index contributed by atoms with van der Waals surface area (Å²) in [5, 5.41) is 9.57. The van der Waals surface area contributed by atoms with E-state index < -0.39 is 0 Å². The molecule has 0 saturated carbocycles. The molecule has 0 saturated heterocycles. The summed E-state index contributed by atoms with van der Waals surface area (Å²) in [6.07, 6.45) is 1.59. The van der Waals surface area contributed by atoms with Crippen molar-refractivity contribution in [2.45, 2.75) is 20.5 Å². The fourth-order valence-corrected chi connectivity index (χ4v) is 1.76. The fourth-order valence-electron chi connectivity index (χ4n) is 1.61. The molecule has 0 amide bonds. The zero-order chi connectivity index (χ0) is 13.1. The summed E-state index contributed by atoms with van der Waals surface area (Å²) < 4.78 is 5.70. The van der Waals surface area contributed by atoms with Gasteiger partial charge < -0.3 is 9.84 Å². The fraction of sp³-hybridized carbons (Fsp3) is 0.214. The Bertz CT molecular complexity index is 570. The van der Waals surface area contributed by atoms with Crippen LogP contribution in [0.5, 0.6) is 11.6 Å². The van der Waals surface area contributed by atoms with Crippen LogP contribution in [0.2, 0.25) is 5.02 Å². The molecule has 18 heavy (non-hydrogen) atoms. The molecule has 1 aromatic carbocycles. The first-order valence-electron chi connectivity index (χ1n) is 5.60. The summed E-state index contributed by atoms with van der Waals surface area (Å²) in [7, 11) is 0. The molecule has 0 spiro atoms. The van der Waals surface area contributed by atoms with Gasteiger partial charge in [-0.1, -0.05) is 17.7 Å². The number of hydrogen-bond acceptors (Lipinski definition) is 3. The van der Waals surface area contributed by atoms with E-state index in [1.54, 1.807) is 12.3 Å². The maximum absolute atomic E-state index is 9.02. The molecule has 2 rings (SSSR count). The summed E-state index contributed by atoms with van der Waals surface area (Å²) in [6.45, 7) is 3.82. The van der Waals surface area contributed by atoms with Crippen molar-refractivity contribution in [2.75, 3.05) is 0 Å². The Balaban J connectivity index is 2.31. The SMILES string of the molecule is Cc1ccc(Cl)c(Oc2ncc(CO)cc2C)c1. The molecule has 0 fully saturated rings. The third-order valence-electron chi connectivity index (χ3n) is 2.56. The number of hydrogen-bond donors (Lipinski definition) is 1. The maximum atomic E-state index is 9.02. The monoisotopic (exact) mass is 263 g/mol. The van der Waals surface area contributed by atoms with Crippen LogP contribution in [0.25, 0.3) is 0 Å². The zero-order valence-corrected chi connectivity index (χ0v) is 11.0. The van der Waals surface area contributed by atoms with Crippen LogP contribution in [0.3, 0.4) is 0 Å². The van der Waals surface area contributed by atoms with Crippen LogP contribution >= 0.6 is 11.6 Å². The average molecular weight is 264 g/mol. The standard InChI is InChI=1S/C14H14ClNO2/c1-9-3-4-12(15)13(5-9)18-14-10(2)6-11(8-17)7-16-14/h3-7,17H,8H2,1-2H3. The number of aliphatic hydroxyl groups is 1. The maximum Gasteiger partial charge on any atom is 0.222 e. The molecule has 0 unspecified atom stereocenters. The number of halogens is 1. The van der Waals surface area contributed by atoms with Crippen molar-refractivity contribution >= 4 is 11.6 Å². The van der Waals surface area contributed by atoms with Crippen molar-refractivity contribution in [3.63, 3.8) is 0 Å². The predicted octanol–water partition coefficient (Wildman–Crippen LogP) is 3.64. The molecule has 0 aliphatic heterocycles. The largest absolute Gasteiger partial charge is 0.437 e. The van der Waals surface area contributed by atoms with Gasteiger partial charge in [-0.15, -0.1) is 0 Å². The number of aromatic nitrogens is 1. The normalized spacial score (nSPS) is 10.4. The van der Waals surface area contributed by atoms with E-state index in [1.807, 2.05) is 32.0 Å². The first-order chi connectivity index (χ1) is 8.60. The lowest BCUT2D eigenvalue weighted by molar-refractivity contribution is 0.281. The molecule has 3 nitrogen and oxygen atoms in total. The van der Waals surface area contributed by atoms with E-state index in [0.29, 0.717) is 16.7 Å². The van der Waals surface area contributed by atoms with Gasteiger partial charge >= 0.3 is 0 Å². The highest BCUT2D eigenvalue weighted by molar-refractivity contribution is 6.32. The lowest BCUT2D eigenvalue weighted by Crippen LogP contribution is -1.94. The van der Waals surface area contributed by atoms with E-state index in [4.69, 9.17) is 21.4 Å². The van der Waals surface area contributed by atoms with Crippen molar-refractivity contribution in [1.82, 2.24) is 4.98 Å². The van der Waals surface area contributed by atoms with Crippen LogP contribution < -0.4 is 4.74 Å². The summed E-state index contributed by atoms with van der Waals surface area (Å²) >= 11 is 6.06. The topological polar surface area (TPSA) is 42.4 Å². The third-order valence-corrected chi connectivity index (χ3v) is 2.88. The smallest absolute Gasteiger partial charge is 0.222 e. The van der Waals surface area contributed by atoms with Gasteiger partial charge in [0.25, 0.3) is 0 Å². The molecule has 2 aromatic rings. The highest BCUT2D eigenvalue weighted by Gasteiger charge is 2.07. The molecular weight excluding hydrogens is 250 g/mol. The second-order valence-electron chi connectivity index (χ2n) is 4.16. The van der Waals surface area contributed by atoms with Gasteiger partial charge in [-0.05, 0) is 43.2 Å². The molecule has 0 aliphatic rings. The van der Waals surface area contributed by atoms with E-state index in [2.05, 4.69) is 4.98 Å². The van der Waals surface area contributed by atoms with Gasteiger partial charge in [0.1, 0.15) is 5.75 Å². The van der Waals surface area contributed by atoms with Crippen molar-refractivity contribution in [2.24, 2.45) is 0 Å². The lowest BCUT2D eigenvalue weighted by Gasteiger charge is -2.10. The van der Waals surface area contributed by atoms with Crippen molar-refractivity contribution in [1.29, 1.82) is 0 Å². The minimum absolute atomic E-state index is 0.0285. The van der Waals surface area contributed by atoms with Gasteiger partial charge in [0, 0.05) is 11.8 Å². The molecule has 0 radical (unpaired) electrons. The summed E-state index contributed by atoms with van der Waals surface area (Å²) in [4.78, 5) is 4.17. The number of benzene rings is 1. The Morgan fingerprint density at radius 3 is 2.72 bits per heavy atom. The van der Waals surface area contributed by atoms with Gasteiger partial charge in [0.2, 0.25) is 5.88 Å². The Kier molecular flexibility index (Phi) is 3.84. The van der Waals surface area contributed by atoms with Gasteiger partial charge in [0.05, 0.1) is 11.6 Å². The number of pyridine rings is 1. The van der Waals surface area contributed by atoms with E-state index in [9.17, 15) is 0 Å². The predicted molar refractivity (Wildman–Crippen MR) is 71.2 cm³/mol. The first-order valence-corrected chi connectivity index (χ1v) is 5.98. The summed E-state index contributed by atoms with van der Waals surface area (Å²) in [5.41, 5.74) is 2.69. The number of rotatable bonds is 3. The molecule has 1 N–H and O–H groups in total. The highest BCUT2D eigenvalue weighted by atomic mass is 35.5. The number of nitrogens with zero attached hydrogens (tertiary/aromatic N) is 1. The van der Waals surface area contributed by atoms with Gasteiger partial charge in [0.15, 0.2) is 0 Å². The molecule has 1 heterocycles. The molecular formula is C14H14ClNO2. The summed E-state index contributed by atoms with van der Waals surface area (Å²) in [6, 6.07) is 7.42. The Morgan fingerprint density at radius 1 is 1.28 bits per heavy atom. The molecule has 4 heteroatoms. The average Bonchev–Trinajstić information content (AvgIpc) is 2.36. The number of aliphatic hydroxyl groups excluding tert-OH is 1. The van der Waals surface area contributed by atoms with Crippen LogP contribution in [-0.2, 0) is 6.61 Å². The van der Waals surface area contributed by atoms with Gasteiger partial charge in [-0.2, -0.15) is 0 Å². The number of ether oxygens (including phenoxy) is 1. The van der Waals surface area contributed by atoms with Crippen LogP contribution in [0.4, 0.5) is 0 Å². The van der Waals surface area contributed by atoms with Crippen molar-refractivity contribution in [3.05, 3.63) is 52.2 Å². The minimum Gasteiger partial charge on any atom is -0.437 e. The van der Waals surface area contributed by atoms with Crippen molar-refractivity contribution < 1.29 is 9.84 Å². The van der Waals surface area contributed by atoms with E-state index >= 15 is 0 Å². The molecule has 0 bridgehead atoms. The van der Waals surface area contributed by atoms with E-state index in [1.165, 1.54) is 0 Å².